The number of rotatable bonds is 6. The Bertz CT molecular complexity index is 1550. The van der Waals surface area contributed by atoms with Crippen LogP contribution in [0.3, 0.4) is 0 Å². The average Bonchev–Trinajstić information content (AvgIpc) is 3.51. The SMILES string of the molecule is O=C(N[C@@H](Cc1ccccc1)C(=O)n1nnc2ccccc21)OCC1c2ccccc2-c2ccccc21. The van der Waals surface area contributed by atoms with Gasteiger partial charge in [0.2, 0.25) is 0 Å². The summed E-state index contributed by atoms with van der Waals surface area (Å²) < 4.78 is 6.96. The van der Waals surface area contributed by atoms with Gasteiger partial charge in [-0.1, -0.05) is 96.2 Å². The van der Waals surface area contributed by atoms with Crippen molar-refractivity contribution >= 4 is 23.0 Å². The van der Waals surface area contributed by atoms with Gasteiger partial charge in [-0.2, -0.15) is 4.68 Å². The van der Waals surface area contributed by atoms with E-state index in [2.05, 4.69) is 39.9 Å². The van der Waals surface area contributed by atoms with Gasteiger partial charge in [0.05, 0.1) is 5.52 Å². The highest BCUT2D eigenvalue weighted by atomic mass is 16.5. The van der Waals surface area contributed by atoms with Gasteiger partial charge >= 0.3 is 6.09 Å². The molecule has 1 amide bonds. The van der Waals surface area contributed by atoms with Crippen molar-refractivity contribution in [2.24, 2.45) is 0 Å². The third kappa shape index (κ3) is 4.36. The molecule has 1 aromatic heterocycles. The fourth-order valence-electron chi connectivity index (χ4n) is 5.01. The summed E-state index contributed by atoms with van der Waals surface area (Å²) in [6.07, 6.45) is -0.363. The number of nitrogens with zero attached hydrogens (tertiary/aromatic N) is 3. The van der Waals surface area contributed by atoms with Gasteiger partial charge in [-0.05, 0) is 39.9 Å². The van der Waals surface area contributed by atoms with Crippen LogP contribution in [-0.4, -0.2) is 39.6 Å². The molecule has 5 aromatic rings. The standard InChI is InChI=1S/C30H24N4O3/c35-29(34-28-17-9-8-16-26(28)32-33-34)27(18-20-10-2-1-3-11-20)31-30(36)37-19-25-23-14-6-4-12-21(23)22-13-5-7-15-24(22)25/h1-17,25,27H,18-19H2,(H,31,36)/t27-/m0/s1. The van der Waals surface area contributed by atoms with Gasteiger partial charge in [0.15, 0.2) is 0 Å². The Morgan fingerprint density at radius 3 is 2.16 bits per heavy atom. The van der Waals surface area contributed by atoms with E-state index in [0.717, 1.165) is 27.8 Å². The monoisotopic (exact) mass is 488 g/mol. The first kappa shape index (κ1) is 22.7. The van der Waals surface area contributed by atoms with Crippen molar-refractivity contribution in [1.82, 2.24) is 20.3 Å². The molecule has 1 N–H and O–H groups in total. The number of hydrogen-bond donors (Lipinski definition) is 1. The minimum Gasteiger partial charge on any atom is -0.449 e. The summed E-state index contributed by atoms with van der Waals surface area (Å²) in [5.74, 6) is -0.452. The van der Waals surface area contributed by atoms with Gasteiger partial charge in [0.1, 0.15) is 18.2 Å². The third-order valence-corrected chi connectivity index (χ3v) is 6.78. The maximum atomic E-state index is 13.5. The van der Waals surface area contributed by atoms with Crippen LogP contribution >= 0.6 is 0 Å². The topological polar surface area (TPSA) is 86.1 Å². The van der Waals surface area contributed by atoms with Crippen LogP contribution in [0.2, 0.25) is 0 Å². The van der Waals surface area contributed by atoms with Crippen LogP contribution in [-0.2, 0) is 11.2 Å². The third-order valence-electron chi connectivity index (χ3n) is 6.78. The number of nitrogens with one attached hydrogen (secondary N) is 1. The highest BCUT2D eigenvalue weighted by Gasteiger charge is 2.30. The molecule has 0 saturated heterocycles. The molecule has 0 unspecified atom stereocenters. The van der Waals surface area contributed by atoms with Crippen molar-refractivity contribution in [1.29, 1.82) is 0 Å². The van der Waals surface area contributed by atoms with Crippen molar-refractivity contribution < 1.29 is 14.3 Å². The van der Waals surface area contributed by atoms with E-state index in [9.17, 15) is 9.59 Å². The second kappa shape index (κ2) is 9.70. The van der Waals surface area contributed by atoms with E-state index in [1.165, 1.54) is 4.68 Å². The maximum Gasteiger partial charge on any atom is 0.407 e. The van der Waals surface area contributed by atoms with Gasteiger partial charge in [-0.3, -0.25) is 4.79 Å². The van der Waals surface area contributed by atoms with E-state index >= 15 is 0 Å². The van der Waals surface area contributed by atoms with E-state index in [4.69, 9.17) is 4.74 Å². The molecule has 4 aromatic carbocycles. The number of amides is 1. The van der Waals surface area contributed by atoms with Crippen LogP contribution in [0.5, 0.6) is 0 Å². The van der Waals surface area contributed by atoms with Crippen molar-refractivity contribution in [3.8, 4) is 11.1 Å². The molecular formula is C30H24N4O3. The Morgan fingerprint density at radius 1 is 0.811 bits per heavy atom. The second-order valence-electron chi connectivity index (χ2n) is 9.04. The second-order valence-corrected chi connectivity index (χ2v) is 9.04. The summed E-state index contributed by atoms with van der Waals surface area (Å²) in [6, 6.07) is 32.2. The van der Waals surface area contributed by atoms with Crippen LogP contribution in [0, 0.1) is 0 Å². The lowest BCUT2D eigenvalue weighted by Gasteiger charge is -2.19. The molecule has 0 bridgehead atoms. The van der Waals surface area contributed by atoms with Crippen molar-refractivity contribution in [2.45, 2.75) is 18.4 Å². The van der Waals surface area contributed by atoms with Gasteiger partial charge in [0, 0.05) is 12.3 Å². The lowest BCUT2D eigenvalue weighted by molar-refractivity contribution is 0.0826. The summed E-state index contributed by atoms with van der Waals surface area (Å²) in [7, 11) is 0. The fourth-order valence-corrected chi connectivity index (χ4v) is 5.01. The zero-order chi connectivity index (χ0) is 25.2. The Balaban J connectivity index is 1.22. The predicted molar refractivity (Wildman–Crippen MR) is 140 cm³/mol. The lowest BCUT2D eigenvalue weighted by atomic mass is 9.98. The Labute approximate surface area is 213 Å². The molecule has 182 valence electrons. The number of aromatic nitrogens is 3. The van der Waals surface area contributed by atoms with Crippen LogP contribution in [0.4, 0.5) is 4.79 Å². The van der Waals surface area contributed by atoms with E-state index < -0.39 is 12.1 Å². The Hall–Kier alpha value is -4.78. The Kier molecular flexibility index (Phi) is 5.94. The average molecular weight is 489 g/mol. The first-order chi connectivity index (χ1) is 18.2. The normalized spacial score (nSPS) is 13.1. The zero-order valence-corrected chi connectivity index (χ0v) is 20.0. The smallest absolute Gasteiger partial charge is 0.407 e. The molecule has 1 aliphatic rings. The predicted octanol–water partition coefficient (Wildman–Crippen LogP) is 5.22. The summed E-state index contributed by atoms with van der Waals surface area (Å²) in [5, 5.41) is 10.9. The Morgan fingerprint density at radius 2 is 1.43 bits per heavy atom. The fraction of sp³-hybridized carbons (Fsp3) is 0.133. The molecule has 0 radical (unpaired) electrons. The van der Waals surface area contributed by atoms with E-state index in [1.54, 1.807) is 12.1 Å². The first-order valence-electron chi connectivity index (χ1n) is 12.2. The highest BCUT2D eigenvalue weighted by Crippen LogP contribution is 2.44. The van der Waals surface area contributed by atoms with Crippen molar-refractivity contribution in [3.05, 3.63) is 120 Å². The number of ether oxygens (including phenoxy) is 1. The number of para-hydroxylation sites is 1. The lowest BCUT2D eigenvalue weighted by Crippen LogP contribution is -2.45. The van der Waals surface area contributed by atoms with E-state index in [-0.39, 0.29) is 24.9 Å². The molecule has 37 heavy (non-hydrogen) atoms. The van der Waals surface area contributed by atoms with Gasteiger partial charge in [-0.15, -0.1) is 5.10 Å². The molecule has 6 rings (SSSR count). The van der Waals surface area contributed by atoms with Crippen LogP contribution < -0.4 is 5.32 Å². The highest BCUT2D eigenvalue weighted by molar-refractivity contribution is 5.93. The summed E-state index contributed by atoms with van der Waals surface area (Å²) >= 11 is 0. The number of alkyl carbamates (subject to hydrolysis) is 1. The van der Waals surface area contributed by atoms with Gasteiger partial charge in [0.25, 0.3) is 5.91 Å². The number of carbonyl (C=O) groups is 2. The molecule has 1 atom stereocenters. The zero-order valence-electron chi connectivity index (χ0n) is 20.0. The molecule has 0 aliphatic heterocycles. The van der Waals surface area contributed by atoms with Crippen molar-refractivity contribution in [3.63, 3.8) is 0 Å². The van der Waals surface area contributed by atoms with E-state index in [0.29, 0.717) is 11.0 Å². The molecular weight excluding hydrogens is 464 g/mol. The number of benzene rings is 4. The first-order valence-corrected chi connectivity index (χ1v) is 12.2. The molecule has 1 aliphatic carbocycles. The molecule has 0 saturated carbocycles. The van der Waals surface area contributed by atoms with Crippen LogP contribution in [0.1, 0.15) is 27.4 Å². The number of fused-ring (bicyclic) bond motifs is 4. The largest absolute Gasteiger partial charge is 0.449 e. The number of carbonyl (C=O) groups excluding carboxylic acids is 2. The number of hydrogen-bond acceptors (Lipinski definition) is 5. The van der Waals surface area contributed by atoms with Gasteiger partial charge in [-0.25, -0.2) is 4.79 Å². The van der Waals surface area contributed by atoms with Gasteiger partial charge < -0.3 is 10.1 Å². The summed E-state index contributed by atoms with van der Waals surface area (Å²) in [6.45, 7) is 0.165. The summed E-state index contributed by atoms with van der Waals surface area (Å²) in [5.41, 5.74) is 6.66. The van der Waals surface area contributed by atoms with Crippen LogP contribution in [0.25, 0.3) is 22.2 Å². The van der Waals surface area contributed by atoms with E-state index in [1.807, 2.05) is 66.7 Å². The quantitative estimate of drug-likeness (QED) is 0.354. The molecule has 0 spiro atoms. The molecule has 1 heterocycles. The molecule has 7 nitrogen and oxygen atoms in total. The van der Waals surface area contributed by atoms with Crippen LogP contribution in [0.15, 0.2) is 103 Å². The minimum absolute atomic E-state index is 0.0688. The molecule has 7 heteroatoms. The maximum absolute atomic E-state index is 13.5. The minimum atomic E-state index is -0.886. The molecule has 0 fully saturated rings. The summed E-state index contributed by atoms with van der Waals surface area (Å²) in [4.78, 5) is 26.6. The van der Waals surface area contributed by atoms with Crippen molar-refractivity contribution in [2.75, 3.05) is 6.61 Å².